The summed E-state index contributed by atoms with van der Waals surface area (Å²) in [4.78, 5) is 14.3. The molecule has 28 heavy (non-hydrogen) atoms. The van der Waals surface area contributed by atoms with Crippen molar-refractivity contribution in [1.82, 2.24) is 9.62 Å². The molecule has 0 aromatic heterocycles. The zero-order valence-electron chi connectivity index (χ0n) is 16.4. The van der Waals surface area contributed by atoms with E-state index in [1.165, 1.54) is 49.5 Å². The minimum atomic E-state index is -3.49. The van der Waals surface area contributed by atoms with Crippen molar-refractivity contribution in [3.05, 3.63) is 65.7 Å². The number of hydrogen-bond acceptors (Lipinski definition) is 3. The van der Waals surface area contributed by atoms with E-state index in [1.54, 1.807) is 12.1 Å². The lowest BCUT2D eigenvalue weighted by atomic mass is 10.1. The number of quaternary nitrogens is 1. The fraction of sp³-hybridized carbons (Fsp3) is 0.381. The van der Waals surface area contributed by atoms with Gasteiger partial charge in [-0.1, -0.05) is 30.3 Å². The minimum Gasteiger partial charge on any atom is -0.346 e. The molecule has 1 amide bonds. The first-order valence-corrected chi connectivity index (χ1v) is 11.0. The Kier molecular flexibility index (Phi) is 6.49. The lowest BCUT2D eigenvalue weighted by molar-refractivity contribution is -0.918. The third-order valence-corrected chi connectivity index (χ3v) is 7.13. The lowest BCUT2D eigenvalue weighted by Gasteiger charge is -2.25. The van der Waals surface area contributed by atoms with Crippen LogP contribution in [0.2, 0.25) is 0 Å². The molecule has 0 unspecified atom stereocenters. The number of carbonyl (C=O) groups is 1. The number of sulfonamides is 1. The summed E-state index contributed by atoms with van der Waals surface area (Å²) < 4.78 is 25.5. The fourth-order valence-electron chi connectivity index (χ4n) is 3.65. The van der Waals surface area contributed by atoms with Crippen LogP contribution < -0.4 is 10.2 Å². The summed E-state index contributed by atoms with van der Waals surface area (Å²) in [5.74, 6) is -0.187. The molecule has 0 saturated carbocycles. The molecule has 2 aromatic carbocycles. The largest absolute Gasteiger partial charge is 0.346 e. The monoisotopic (exact) mass is 402 g/mol. The van der Waals surface area contributed by atoms with Gasteiger partial charge in [0.15, 0.2) is 0 Å². The second-order valence-electron chi connectivity index (χ2n) is 7.35. The molecule has 1 saturated heterocycles. The van der Waals surface area contributed by atoms with Gasteiger partial charge in [0.05, 0.1) is 24.5 Å². The predicted octanol–water partition coefficient (Wildman–Crippen LogP) is 1.09. The van der Waals surface area contributed by atoms with Crippen molar-refractivity contribution >= 4 is 15.9 Å². The maximum absolute atomic E-state index is 12.6. The number of rotatable bonds is 7. The summed E-state index contributed by atoms with van der Waals surface area (Å²) in [6.07, 6.45) is 2.43. The Labute approximate surface area is 167 Å². The van der Waals surface area contributed by atoms with E-state index >= 15 is 0 Å². The number of benzene rings is 2. The van der Waals surface area contributed by atoms with Crippen LogP contribution in [0.1, 0.15) is 34.8 Å². The molecule has 2 N–H and O–H groups in total. The highest BCUT2D eigenvalue weighted by molar-refractivity contribution is 7.89. The molecular weight excluding hydrogens is 374 g/mol. The van der Waals surface area contributed by atoms with E-state index in [0.717, 1.165) is 17.4 Å². The number of nitrogens with zero attached hydrogens (tertiary/aromatic N) is 1. The smallest absolute Gasteiger partial charge is 0.251 e. The first-order valence-electron chi connectivity index (χ1n) is 9.60. The van der Waals surface area contributed by atoms with E-state index in [9.17, 15) is 13.2 Å². The molecule has 1 atom stereocenters. The van der Waals surface area contributed by atoms with Crippen LogP contribution in [0.25, 0.3) is 0 Å². The molecule has 1 aliphatic rings. The number of likely N-dealkylation sites (tertiary alicyclic amines) is 1. The molecule has 3 rings (SSSR count). The van der Waals surface area contributed by atoms with Gasteiger partial charge in [-0.15, -0.1) is 0 Å². The summed E-state index contributed by atoms with van der Waals surface area (Å²) in [7, 11) is -0.521. The highest BCUT2D eigenvalue weighted by atomic mass is 32.2. The van der Waals surface area contributed by atoms with E-state index < -0.39 is 10.0 Å². The van der Waals surface area contributed by atoms with Gasteiger partial charge in [0.25, 0.3) is 5.91 Å². The zero-order chi connectivity index (χ0) is 20.1. The van der Waals surface area contributed by atoms with E-state index in [0.29, 0.717) is 12.1 Å². The molecule has 150 valence electrons. The standard InChI is InChI=1S/C21H27N3O3S/c1-23(2)28(26,27)19-12-10-18(11-13-19)21(25)22-16-20(24-14-6-7-15-24)17-8-4-3-5-9-17/h3-5,8-13,20H,6-7,14-16H2,1-2H3,(H,22,25)/p+1/t20-/m0/s1. The summed E-state index contributed by atoms with van der Waals surface area (Å²) in [6.45, 7) is 2.79. The van der Waals surface area contributed by atoms with Crippen LogP contribution >= 0.6 is 0 Å². The Hall–Kier alpha value is -2.22. The normalized spacial score (nSPS) is 16.2. The number of amides is 1. The molecule has 6 nitrogen and oxygen atoms in total. The van der Waals surface area contributed by atoms with Crippen molar-refractivity contribution in [2.45, 2.75) is 23.8 Å². The molecule has 0 aliphatic carbocycles. The van der Waals surface area contributed by atoms with Gasteiger partial charge in [0.1, 0.15) is 6.04 Å². The van der Waals surface area contributed by atoms with Gasteiger partial charge >= 0.3 is 0 Å². The van der Waals surface area contributed by atoms with Crippen LogP contribution in [0.5, 0.6) is 0 Å². The van der Waals surface area contributed by atoms with Crippen LogP contribution in [-0.4, -0.2) is 52.4 Å². The van der Waals surface area contributed by atoms with Crippen molar-refractivity contribution in [2.24, 2.45) is 0 Å². The Balaban J connectivity index is 1.69. The van der Waals surface area contributed by atoms with E-state index in [-0.39, 0.29) is 16.8 Å². The summed E-state index contributed by atoms with van der Waals surface area (Å²) in [6, 6.07) is 16.6. The molecule has 7 heteroatoms. The molecular formula is C21H28N3O3S+. The van der Waals surface area contributed by atoms with Gasteiger partial charge in [0, 0.05) is 38.1 Å². The molecule has 1 aliphatic heterocycles. The third kappa shape index (κ3) is 4.60. The second-order valence-corrected chi connectivity index (χ2v) is 9.50. The number of nitrogens with one attached hydrogen (secondary N) is 2. The maximum Gasteiger partial charge on any atom is 0.251 e. The lowest BCUT2D eigenvalue weighted by Crippen LogP contribution is -3.11. The summed E-state index contributed by atoms with van der Waals surface area (Å²) in [5, 5.41) is 3.04. The van der Waals surface area contributed by atoms with Gasteiger partial charge in [-0.3, -0.25) is 4.79 Å². The number of carbonyl (C=O) groups excluding carboxylic acids is 1. The Morgan fingerprint density at radius 1 is 1.04 bits per heavy atom. The molecule has 1 fully saturated rings. The second kappa shape index (κ2) is 8.86. The first-order chi connectivity index (χ1) is 13.4. The third-order valence-electron chi connectivity index (χ3n) is 5.30. The van der Waals surface area contributed by atoms with E-state index in [1.807, 2.05) is 18.2 Å². The van der Waals surface area contributed by atoms with E-state index in [4.69, 9.17) is 0 Å². The fourth-order valence-corrected chi connectivity index (χ4v) is 4.55. The van der Waals surface area contributed by atoms with Crippen LogP contribution in [0.4, 0.5) is 0 Å². The first kappa shape index (κ1) is 20.5. The van der Waals surface area contributed by atoms with Gasteiger partial charge in [-0.05, 0) is 24.3 Å². The van der Waals surface area contributed by atoms with E-state index in [2.05, 4.69) is 17.4 Å². The van der Waals surface area contributed by atoms with Crippen molar-refractivity contribution in [1.29, 1.82) is 0 Å². The molecule has 1 heterocycles. The average Bonchev–Trinajstić information content (AvgIpc) is 3.23. The molecule has 0 radical (unpaired) electrons. The van der Waals surface area contributed by atoms with Gasteiger partial charge in [-0.2, -0.15) is 0 Å². The molecule has 2 aromatic rings. The average molecular weight is 403 g/mol. The summed E-state index contributed by atoms with van der Waals surface area (Å²) >= 11 is 0. The van der Waals surface area contributed by atoms with Crippen LogP contribution in [0, 0.1) is 0 Å². The summed E-state index contributed by atoms with van der Waals surface area (Å²) in [5.41, 5.74) is 1.69. The molecule has 0 bridgehead atoms. The van der Waals surface area contributed by atoms with Crippen LogP contribution in [0.3, 0.4) is 0 Å². The molecule has 0 spiro atoms. The Morgan fingerprint density at radius 3 is 2.21 bits per heavy atom. The quantitative estimate of drug-likeness (QED) is 0.728. The minimum absolute atomic E-state index is 0.178. The van der Waals surface area contributed by atoms with Gasteiger partial charge in [-0.25, -0.2) is 12.7 Å². The van der Waals surface area contributed by atoms with Crippen molar-refractivity contribution in [3.8, 4) is 0 Å². The SMILES string of the molecule is CN(C)S(=O)(=O)c1ccc(C(=O)NC[C@@H](c2ccccc2)[NH+]2CCCC2)cc1. The topological polar surface area (TPSA) is 70.9 Å². The highest BCUT2D eigenvalue weighted by Gasteiger charge is 2.27. The van der Waals surface area contributed by atoms with Gasteiger partial charge < -0.3 is 10.2 Å². The Morgan fingerprint density at radius 2 is 1.64 bits per heavy atom. The predicted molar refractivity (Wildman–Crippen MR) is 109 cm³/mol. The number of hydrogen-bond donors (Lipinski definition) is 2. The zero-order valence-corrected chi connectivity index (χ0v) is 17.2. The van der Waals surface area contributed by atoms with Crippen LogP contribution in [0.15, 0.2) is 59.5 Å². The van der Waals surface area contributed by atoms with Crippen molar-refractivity contribution < 1.29 is 18.1 Å². The highest BCUT2D eigenvalue weighted by Crippen LogP contribution is 2.15. The van der Waals surface area contributed by atoms with Gasteiger partial charge in [0.2, 0.25) is 10.0 Å². The van der Waals surface area contributed by atoms with Crippen molar-refractivity contribution in [2.75, 3.05) is 33.7 Å². The van der Waals surface area contributed by atoms with Crippen LogP contribution in [-0.2, 0) is 10.0 Å². The van der Waals surface area contributed by atoms with Crippen molar-refractivity contribution in [3.63, 3.8) is 0 Å². The Bertz CT molecular complexity index is 890. The maximum atomic E-state index is 12.6.